The number of rotatable bonds is 6. The molecule has 0 atom stereocenters. The number of carbonyl (C=O) groups is 1. The quantitative estimate of drug-likeness (QED) is 0.464. The summed E-state index contributed by atoms with van der Waals surface area (Å²) in [6.07, 6.45) is 0. The Morgan fingerprint density at radius 2 is 1.88 bits per heavy atom. The van der Waals surface area contributed by atoms with E-state index in [2.05, 4.69) is 5.32 Å². The molecule has 1 amide bonds. The predicted molar refractivity (Wildman–Crippen MR) is 86.7 cm³/mol. The average Bonchev–Trinajstić information content (AvgIpc) is 2.55. The van der Waals surface area contributed by atoms with Gasteiger partial charge in [0.1, 0.15) is 5.75 Å². The van der Waals surface area contributed by atoms with Gasteiger partial charge in [-0.2, -0.15) is 0 Å². The SMILES string of the molecule is Cc1cc(O)ccc1NC(=O)COc1ccc([N+](=O)[O-])cc1[N+](=O)[O-]. The maximum absolute atomic E-state index is 11.9. The van der Waals surface area contributed by atoms with E-state index in [1.165, 1.54) is 18.2 Å². The molecule has 25 heavy (non-hydrogen) atoms. The zero-order chi connectivity index (χ0) is 18.6. The van der Waals surface area contributed by atoms with E-state index in [9.17, 15) is 30.1 Å². The van der Waals surface area contributed by atoms with Gasteiger partial charge in [-0.1, -0.05) is 0 Å². The molecule has 2 rings (SSSR count). The lowest BCUT2D eigenvalue weighted by Gasteiger charge is -2.10. The number of phenols is 1. The minimum absolute atomic E-state index is 0.0493. The predicted octanol–water partition coefficient (Wildman–Crippen LogP) is 2.53. The molecule has 130 valence electrons. The maximum Gasteiger partial charge on any atom is 0.317 e. The highest BCUT2D eigenvalue weighted by Crippen LogP contribution is 2.31. The number of hydrogen-bond donors (Lipinski definition) is 2. The standard InChI is InChI=1S/C15H13N3O7/c1-9-6-11(19)3-4-12(9)16-15(20)8-25-14-5-2-10(17(21)22)7-13(14)18(23)24/h2-7,19H,8H2,1H3,(H,16,20). The summed E-state index contributed by atoms with van der Waals surface area (Å²) < 4.78 is 5.11. The van der Waals surface area contributed by atoms with Gasteiger partial charge in [-0.25, -0.2) is 0 Å². The van der Waals surface area contributed by atoms with E-state index >= 15 is 0 Å². The lowest BCUT2D eigenvalue weighted by atomic mass is 10.2. The second-order valence-electron chi connectivity index (χ2n) is 5.00. The molecule has 10 nitrogen and oxygen atoms in total. The van der Waals surface area contributed by atoms with Crippen molar-refractivity contribution in [2.24, 2.45) is 0 Å². The molecule has 0 aromatic heterocycles. The van der Waals surface area contributed by atoms with Crippen LogP contribution in [0.1, 0.15) is 5.56 Å². The van der Waals surface area contributed by atoms with Crippen molar-refractivity contribution in [3.8, 4) is 11.5 Å². The van der Waals surface area contributed by atoms with Crippen LogP contribution in [0.4, 0.5) is 17.1 Å². The highest BCUT2D eigenvalue weighted by Gasteiger charge is 2.21. The molecule has 0 aliphatic rings. The number of hydrogen-bond acceptors (Lipinski definition) is 7. The number of nitro benzene ring substituents is 2. The third-order valence-corrected chi connectivity index (χ3v) is 3.19. The van der Waals surface area contributed by atoms with Crippen molar-refractivity contribution in [3.63, 3.8) is 0 Å². The highest BCUT2D eigenvalue weighted by molar-refractivity contribution is 5.92. The van der Waals surface area contributed by atoms with Crippen LogP contribution in [0.5, 0.6) is 11.5 Å². The molecule has 0 saturated carbocycles. The summed E-state index contributed by atoms with van der Waals surface area (Å²) in [5.41, 5.74) is 0.00491. The van der Waals surface area contributed by atoms with Crippen LogP contribution in [0, 0.1) is 27.2 Å². The van der Waals surface area contributed by atoms with E-state index in [1.807, 2.05) is 0 Å². The number of nitrogens with one attached hydrogen (secondary N) is 1. The van der Waals surface area contributed by atoms with Gasteiger partial charge in [-0.3, -0.25) is 25.0 Å². The van der Waals surface area contributed by atoms with Crippen molar-refractivity contribution in [1.29, 1.82) is 0 Å². The number of aryl methyl sites for hydroxylation is 1. The fourth-order valence-electron chi connectivity index (χ4n) is 2.00. The summed E-state index contributed by atoms with van der Waals surface area (Å²) in [5, 5.41) is 33.5. The summed E-state index contributed by atoms with van der Waals surface area (Å²) in [6.45, 7) is 1.15. The number of benzene rings is 2. The van der Waals surface area contributed by atoms with Crippen LogP contribution in [-0.4, -0.2) is 27.5 Å². The van der Waals surface area contributed by atoms with Crippen molar-refractivity contribution >= 4 is 23.0 Å². The van der Waals surface area contributed by atoms with Crippen LogP contribution >= 0.6 is 0 Å². The molecule has 0 aliphatic carbocycles. The van der Waals surface area contributed by atoms with Crippen molar-refractivity contribution < 1.29 is 24.5 Å². The largest absolute Gasteiger partial charge is 0.508 e. The molecule has 2 aromatic carbocycles. The van der Waals surface area contributed by atoms with Gasteiger partial charge in [0.2, 0.25) is 0 Å². The Morgan fingerprint density at radius 1 is 1.16 bits per heavy atom. The molecular weight excluding hydrogens is 334 g/mol. The molecule has 0 fully saturated rings. The summed E-state index contributed by atoms with van der Waals surface area (Å²) in [5.74, 6) is -0.789. The van der Waals surface area contributed by atoms with Gasteiger partial charge >= 0.3 is 5.69 Å². The number of non-ortho nitro benzene ring substituents is 1. The minimum atomic E-state index is -0.829. The lowest BCUT2D eigenvalue weighted by molar-refractivity contribution is -0.394. The Hall–Kier alpha value is -3.69. The fraction of sp³-hybridized carbons (Fsp3) is 0.133. The molecule has 0 aliphatic heterocycles. The zero-order valence-corrected chi connectivity index (χ0v) is 13.0. The first-order valence-corrected chi connectivity index (χ1v) is 6.93. The van der Waals surface area contributed by atoms with Gasteiger partial charge in [0.25, 0.3) is 11.6 Å². The molecule has 0 unspecified atom stereocenters. The number of amides is 1. The maximum atomic E-state index is 11.9. The van der Waals surface area contributed by atoms with E-state index in [-0.39, 0.29) is 11.5 Å². The summed E-state index contributed by atoms with van der Waals surface area (Å²) in [4.78, 5) is 32.0. The van der Waals surface area contributed by atoms with Crippen molar-refractivity contribution in [2.75, 3.05) is 11.9 Å². The van der Waals surface area contributed by atoms with Crippen LogP contribution < -0.4 is 10.1 Å². The summed E-state index contributed by atoms with van der Waals surface area (Å²) >= 11 is 0. The highest BCUT2D eigenvalue weighted by atomic mass is 16.6. The number of aromatic hydroxyl groups is 1. The van der Waals surface area contributed by atoms with Gasteiger partial charge in [-0.15, -0.1) is 0 Å². The van der Waals surface area contributed by atoms with E-state index in [4.69, 9.17) is 4.74 Å². The van der Waals surface area contributed by atoms with Gasteiger partial charge < -0.3 is 15.2 Å². The first-order valence-electron chi connectivity index (χ1n) is 6.93. The monoisotopic (exact) mass is 347 g/mol. The van der Waals surface area contributed by atoms with E-state index in [0.717, 1.165) is 18.2 Å². The Bertz CT molecular complexity index is 851. The second-order valence-corrected chi connectivity index (χ2v) is 5.00. The first-order chi connectivity index (χ1) is 11.8. The van der Waals surface area contributed by atoms with Crippen LogP contribution in [0.25, 0.3) is 0 Å². The van der Waals surface area contributed by atoms with Crippen LogP contribution in [0.2, 0.25) is 0 Å². The number of carbonyl (C=O) groups excluding carboxylic acids is 1. The normalized spacial score (nSPS) is 10.1. The molecule has 2 N–H and O–H groups in total. The topological polar surface area (TPSA) is 145 Å². The smallest absolute Gasteiger partial charge is 0.317 e. The Kier molecular flexibility index (Phi) is 5.12. The van der Waals surface area contributed by atoms with E-state index < -0.39 is 33.7 Å². The summed E-state index contributed by atoms with van der Waals surface area (Å²) in [7, 11) is 0. The zero-order valence-electron chi connectivity index (χ0n) is 13.0. The van der Waals surface area contributed by atoms with E-state index in [0.29, 0.717) is 11.3 Å². The number of anilines is 1. The molecular formula is C15H13N3O7. The van der Waals surface area contributed by atoms with Gasteiger partial charge in [0.05, 0.1) is 15.9 Å². The van der Waals surface area contributed by atoms with Gasteiger partial charge in [-0.05, 0) is 36.8 Å². The fourth-order valence-corrected chi connectivity index (χ4v) is 2.00. The number of nitrogens with zero attached hydrogens (tertiary/aromatic N) is 2. The Morgan fingerprint density at radius 3 is 2.48 bits per heavy atom. The number of nitro groups is 2. The molecule has 0 spiro atoms. The third kappa shape index (κ3) is 4.41. The van der Waals surface area contributed by atoms with Gasteiger partial charge in [0, 0.05) is 11.8 Å². The summed E-state index contributed by atoms with van der Waals surface area (Å²) in [6, 6.07) is 7.22. The average molecular weight is 347 g/mol. The molecule has 0 radical (unpaired) electrons. The molecule has 0 saturated heterocycles. The van der Waals surface area contributed by atoms with Crippen LogP contribution in [0.15, 0.2) is 36.4 Å². The van der Waals surface area contributed by atoms with E-state index in [1.54, 1.807) is 6.92 Å². The van der Waals surface area contributed by atoms with Crippen LogP contribution in [0.3, 0.4) is 0 Å². The molecule has 10 heteroatoms. The van der Waals surface area contributed by atoms with Gasteiger partial charge in [0.15, 0.2) is 12.4 Å². The third-order valence-electron chi connectivity index (χ3n) is 3.19. The number of phenolic OH excluding ortho intramolecular Hbond substituents is 1. The van der Waals surface area contributed by atoms with Crippen LogP contribution in [-0.2, 0) is 4.79 Å². The molecule has 2 aromatic rings. The minimum Gasteiger partial charge on any atom is -0.508 e. The Labute approximate surface area is 141 Å². The lowest BCUT2D eigenvalue weighted by Crippen LogP contribution is -2.20. The number of ether oxygens (including phenoxy) is 1. The molecule has 0 bridgehead atoms. The molecule has 0 heterocycles. The van der Waals surface area contributed by atoms with Crippen molar-refractivity contribution in [2.45, 2.75) is 6.92 Å². The second kappa shape index (κ2) is 7.25. The van der Waals surface area contributed by atoms with Crippen molar-refractivity contribution in [1.82, 2.24) is 0 Å². The van der Waals surface area contributed by atoms with Crippen molar-refractivity contribution in [3.05, 3.63) is 62.2 Å². The first kappa shape index (κ1) is 17.7. The Balaban J connectivity index is 2.08.